The third-order valence-electron chi connectivity index (χ3n) is 4.86. The van der Waals surface area contributed by atoms with E-state index in [1.54, 1.807) is 12.1 Å². The lowest BCUT2D eigenvalue weighted by Crippen LogP contribution is -2.21. The second kappa shape index (κ2) is 8.99. The molecule has 0 radical (unpaired) electrons. The molecule has 0 spiro atoms. The van der Waals surface area contributed by atoms with E-state index in [1.165, 1.54) is 5.01 Å². The summed E-state index contributed by atoms with van der Waals surface area (Å²) in [6.45, 7) is 2.06. The third kappa shape index (κ3) is 4.42. The summed E-state index contributed by atoms with van der Waals surface area (Å²) in [6.07, 6.45) is 1.79. The first-order chi connectivity index (χ1) is 15.1. The van der Waals surface area contributed by atoms with Crippen LogP contribution in [0.5, 0.6) is 5.75 Å². The molecular formula is C25H18BrN3O2. The van der Waals surface area contributed by atoms with Crippen LogP contribution < -0.4 is 9.75 Å². The van der Waals surface area contributed by atoms with Crippen LogP contribution in [0.15, 0.2) is 87.9 Å². The first-order valence-electron chi connectivity index (χ1n) is 9.64. The molecule has 1 aliphatic heterocycles. The third-order valence-corrected chi connectivity index (χ3v) is 5.35. The number of anilines is 1. The normalized spacial score (nSPS) is 14.5. The van der Waals surface area contributed by atoms with Crippen molar-refractivity contribution < 1.29 is 9.53 Å². The minimum atomic E-state index is -0.190. The Hall–Kier alpha value is -3.69. The summed E-state index contributed by atoms with van der Waals surface area (Å²) in [4.78, 5) is 13.0. The monoisotopic (exact) mass is 471 g/mol. The van der Waals surface area contributed by atoms with Crippen molar-refractivity contribution in [1.82, 2.24) is 0 Å². The standard InChI is InChI=1S/C25H18BrN3O2/c1-17-23(25(30)29(28-17)22-9-3-2-4-10-22)14-20-13-21(26)11-12-24(20)31-16-19-8-6-5-7-18(19)15-27/h2-14H,16H2,1H3/b23-14+. The van der Waals surface area contributed by atoms with Crippen molar-refractivity contribution >= 4 is 39.3 Å². The Balaban J connectivity index is 1.64. The van der Waals surface area contributed by atoms with Gasteiger partial charge in [0.05, 0.1) is 28.6 Å². The maximum Gasteiger partial charge on any atom is 0.280 e. The zero-order valence-electron chi connectivity index (χ0n) is 16.7. The van der Waals surface area contributed by atoms with E-state index in [9.17, 15) is 10.1 Å². The van der Waals surface area contributed by atoms with Gasteiger partial charge in [0.2, 0.25) is 0 Å². The van der Waals surface area contributed by atoms with Gasteiger partial charge in [-0.15, -0.1) is 0 Å². The van der Waals surface area contributed by atoms with Crippen molar-refractivity contribution in [2.45, 2.75) is 13.5 Å². The van der Waals surface area contributed by atoms with E-state index in [-0.39, 0.29) is 12.5 Å². The summed E-state index contributed by atoms with van der Waals surface area (Å²) >= 11 is 3.49. The smallest absolute Gasteiger partial charge is 0.280 e. The topological polar surface area (TPSA) is 65.7 Å². The average molecular weight is 472 g/mol. The van der Waals surface area contributed by atoms with Crippen LogP contribution in [-0.2, 0) is 11.4 Å². The van der Waals surface area contributed by atoms with Crippen LogP contribution >= 0.6 is 15.9 Å². The Labute approximate surface area is 189 Å². The molecule has 3 aromatic carbocycles. The fourth-order valence-electron chi connectivity index (χ4n) is 3.26. The first kappa shape index (κ1) is 20.6. The highest BCUT2D eigenvalue weighted by atomic mass is 79.9. The zero-order chi connectivity index (χ0) is 21.8. The molecule has 0 atom stereocenters. The van der Waals surface area contributed by atoms with Crippen LogP contribution in [0.2, 0.25) is 0 Å². The molecular weight excluding hydrogens is 454 g/mol. The van der Waals surface area contributed by atoms with Gasteiger partial charge in [0.15, 0.2) is 0 Å². The summed E-state index contributed by atoms with van der Waals surface area (Å²) in [6, 6.07) is 24.4. The number of hydrogen-bond acceptors (Lipinski definition) is 4. The maximum absolute atomic E-state index is 13.0. The molecule has 0 saturated heterocycles. The van der Waals surface area contributed by atoms with E-state index in [1.807, 2.05) is 73.7 Å². The highest BCUT2D eigenvalue weighted by molar-refractivity contribution is 9.10. The summed E-state index contributed by atoms with van der Waals surface area (Å²) < 4.78 is 6.90. The average Bonchev–Trinajstić information content (AvgIpc) is 3.07. The van der Waals surface area contributed by atoms with Crippen LogP contribution in [0.4, 0.5) is 5.69 Å². The number of nitriles is 1. The molecule has 31 heavy (non-hydrogen) atoms. The zero-order valence-corrected chi connectivity index (χ0v) is 18.3. The molecule has 152 valence electrons. The predicted octanol–water partition coefficient (Wildman–Crippen LogP) is 5.71. The van der Waals surface area contributed by atoms with Crippen molar-refractivity contribution in [3.8, 4) is 11.8 Å². The summed E-state index contributed by atoms with van der Waals surface area (Å²) in [5.41, 5.74) is 3.98. The molecule has 1 heterocycles. The Morgan fingerprint density at radius 2 is 1.84 bits per heavy atom. The number of para-hydroxylation sites is 1. The van der Waals surface area contributed by atoms with Crippen molar-refractivity contribution in [3.05, 3.63) is 99.5 Å². The van der Waals surface area contributed by atoms with Crippen molar-refractivity contribution in [1.29, 1.82) is 5.26 Å². The Kier molecular flexibility index (Phi) is 5.96. The van der Waals surface area contributed by atoms with Crippen LogP contribution in [-0.4, -0.2) is 11.6 Å². The van der Waals surface area contributed by atoms with E-state index >= 15 is 0 Å². The molecule has 4 rings (SSSR count). The van der Waals surface area contributed by atoms with Crippen molar-refractivity contribution in [2.75, 3.05) is 5.01 Å². The lowest BCUT2D eigenvalue weighted by Gasteiger charge is -2.12. The molecule has 0 fully saturated rings. The van der Waals surface area contributed by atoms with Crippen LogP contribution in [0, 0.1) is 11.3 Å². The van der Waals surface area contributed by atoms with Crippen LogP contribution in [0.25, 0.3) is 6.08 Å². The SMILES string of the molecule is CC1=NN(c2ccccc2)C(=O)/C1=C/c1cc(Br)ccc1OCc1ccccc1C#N. The highest BCUT2D eigenvalue weighted by Gasteiger charge is 2.28. The van der Waals surface area contributed by atoms with Crippen molar-refractivity contribution in [2.24, 2.45) is 5.10 Å². The second-order valence-electron chi connectivity index (χ2n) is 6.94. The van der Waals surface area contributed by atoms with Gasteiger partial charge in [-0.25, -0.2) is 0 Å². The van der Waals surface area contributed by atoms with Crippen molar-refractivity contribution in [3.63, 3.8) is 0 Å². The molecule has 0 unspecified atom stereocenters. The second-order valence-corrected chi connectivity index (χ2v) is 7.85. The van der Waals surface area contributed by atoms with E-state index in [0.717, 1.165) is 15.6 Å². The lowest BCUT2D eigenvalue weighted by atomic mass is 10.1. The molecule has 0 bridgehead atoms. The summed E-state index contributed by atoms with van der Waals surface area (Å²) in [5.74, 6) is 0.423. The fourth-order valence-corrected chi connectivity index (χ4v) is 3.64. The summed E-state index contributed by atoms with van der Waals surface area (Å²) in [5, 5.41) is 15.1. The van der Waals surface area contributed by atoms with Gasteiger partial charge in [-0.05, 0) is 49.4 Å². The van der Waals surface area contributed by atoms with Crippen LogP contribution in [0.1, 0.15) is 23.6 Å². The summed E-state index contributed by atoms with van der Waals surface area (Å²) in [7, 11) is 0. The number of ether oxygens (including phenoxy) is 1. The van der Waals surface area contributed by atoms with Gasteiger partial charge in [-0.2, -0.15) is 15.4 Å². The van der Waals surface area contributed by atoms with Gasteiger partial charge in [0.1, 0.15) is 12.4 Å². The van der Waals surface area contributed by atoms with E-state index in [4.69, 9.17) is 4.74 Å². The number of hydrazone groups is 1. The Bertz CT molecular complexity index is 1240. The molecule has 0 aliphatic carbocycles. The molecule has 0 saturated carbocycles. The fraction of sp³-hybridized carbons (Fsp3) is 0.0800. The number of carbonyl (C=O) groups excluding carboxylic acids is 1. The largest absolute Gasteiger partial charge is 0.488 e. The molecule has 1 amide bonds. The first-order valence-corrected chi connectivity index (χ1v) is 10.4. The predicted molar refractivity (Wildman–Crippen MR) is 125 cm³/mol. The van der Waals surface area contributed by atoms with E-state index in [0.29, 0.717) is 28.3 Å². The van der Waals surface area contributed by atoms with Gasteiger partial charge in [-0.1, -0.05) is 52.3 Å². The number of benzene rings is 3. The van der Waals surface area contributed by atoms with Gasteiger partial charge in [0, 0.05) is 15.6 Å². The molecule has 0 N–H and O–H groups in total. The number of nitrogens with zero attached hydrogens (tertiary/aromatic N) is 3. The van der Waals surface area contributed by atoms with Gasteiger partial charge in [-0.3, -0.25) is 4.79 Å². The molecule has 0 aromatic heterocycles. The van der Waals surface area contributed by atoms with E-state index in [2.05, 4.69) is 27.1 Å². The van der Waals surface area contributed by atoms with Gasteiger partial charge >= 0.3 is 0 Å². The van der Waals surface area contributed by atoms with Gasteiger partial charge in [0.25, 0.3) is 5.91 Å². The van der Waals surface area contributed by atoms with Crippen LogP contribution in [0.3, 0.4) is 0 Å². The van der Waals surface area contributed by atoms with Gasteiger partial charge < -0.3 is 4.74 Å². The minimum Gasteiger partial charge on any atom is -0.488 e. The maximum atomic E-state index is 13.0. The number of halogens is 1. The molecule has 1 aliphatic rings. The lowest BCUT2D eigenvalue weighted by molar-refractivity contribution is -0.114. The minimum absolute atomic E-state index is 0.190. The Morgan fingerprint density at radius 1 is 1.10 bits per heavy atom. The highest BCUT2D eigenvalue weighted by Crippen LogP contribution is 2.30. The molecule has 5 nitrogen and oxygen atoms in total. The Morgan fingerprint density at radius 3 is 2.61 bits per heavy atom. The number of amides is 1. The number of carbonyl (C=O) groups is 1. The van der Waals surface area contributed by atoms with E-state index < -0.39 is 0 Å². The molecule has 6 heteroatoms. The quantitative estimate of drug-likeness (QED) is 0.447. The molecule has 3 aromatic rings. The number of rotatable bonds is 5. The number of hydrogen-bond donors (Lipinski definition) is 0.